The normalized spacial score (nSPS) is 11.5. The van der Waals surface area contributed by atoms with Crippen LogP contribution >= 0.6 is 0 Å². The number of pyridine rings is 2. The van der Waals surface area contributed by atoms with Crippen LogP contribution < -0.4 is 5.19 Å². The molecule has 0 saturated carbocycles. The van der Waals surface area contributed by atoms with Gasteiger partial charge in [-0.25, -0.2) is 0 Å². The van der Waals surface area contributed by atoms with E-state index in [1.165, 1.54) is 33.0 Å². The van der Waals surface area contributed by atoms with Crippen LogP contribution in [0.25, 0.3) is 55.6 Å². The predicted molar refractivity (Wildman–Crippen MR) is 216 cm³/mol. The molecule has 0 unspecified atom stereocenters. The van der Waals surface area contributed by atoms with Crippen LogP contribution in [0, 0.1) is 19.1 Å². The number of aromatic nitrogens is 2. The Morgan fingerprint density at radius 1 is 0.673 bits per heavy atom. The maximum atomic E-state index is 6.18. The molecule has 0 aliphatic carbocycles. The van der Waals surface area contributed by atoms with Crippen molar-refractivity contribution in [3.8, 4) is 33.6 Å². The van der Waals surface area contributed by atoms with Gasteiger partial charge in [0.15, 0.2) is 0 Å². The fourth-order valence-corrected chi connectivity index (χ4v) is 8.05. The van der Waals surface area contributed by atoms with Crippen molar-refractivity contribution in [2.45, 2.75) is 45.8 Å². The summed E-state index contributed by atoms with van der Waals surface area (Å²) in [7, 11) is -1.47. The van der Waals surface area contributed by atoms with Gasteiger partial charge in [-0.3, -0.25) is 0 Å². The summed E-state index contributed by atoms with van der Waals surface area (Å²) in [5.74, 6) is 0. The SMILES string of the molecule is CC(C)(c1ccccc1)c1ccnc(-c2[c-]ccc3c2oc2ccccc23)c1.Cc1c[c-]c(-c2cc(-c3ccccc3)c([Si](C)(C)C)cn2)cc1.[Ir]. The van der Waals surface area contributed by atoms with Crippen molar-refractivity contribution >= 4 is 35.2 Å². The largest absolute Gasteiger partial charge is 0.501 e. The van der Waals surface area contributed by atoms with Crippen molar-refractivity contribution in [3.63, 3.8) is 0 Å². The Morgan fingerprint density at radius 3 is 2.10 bits per heavy atom. The fraction of sp³-hybridized carbons (Fsp3) is 0.149. The Balaban J connectivity index is 0.000000179. The van der Waals surface area contributed by atoms with Gasteiger partial charge in [0.1, 0.15) is 5.58 Å². The number of furan rings is 1. The first-order valence-electron chi connectivity index (χ1n) is 17.5. The van der Waals surface area contributed by atoms with Crippen LogP contribution in [0.15, 0.2) is 150 Å². The minimum absolute atomic E-state index is 0. The van der Waals surface area contributed by atoms with E-state index in [9.17, 15) is 0 Å². The van der Waals surface area contributed by atoms with Crippen molar-refractivity contribution in [1.82, 2.24) is 9.97 Å². The molecular weight excluding hydrogens is 829 g/mol. The molecule has 0 amide bonds. The minimum Gasteiger partial charge on any atom is -0.501 e. The van der Waals surface area contributed by atoms with Crippen molar-refractivity contribution < 1.29 is 24.5 Å². The third kappa shape index (κ3) is 7.63. The van der Waals surface area contributed by atoms with Crippen molar-refractivity contribution in [1.29, 1.82) is 0 Å². The molecule has 3 aromatic heterocycles. The van der Waals surface area contributed by atoms with E-state index in [1.54, 1.807) is 0 Å². The zero-order valence-corrected chi connectivity index (χ0v) is 33.9. The molecule has 0 atom stereocenters. The van der Waals surface area contributed by atoms with Gasteiger partial charge in [-0.15, -0.1) is 53.6 Å². The van der Waals surface area contributed by atoms with Crippen LogP contribution in [0.5, 0.6) is 0 Å². The maximum Gasteiger partial charge on any atom is 0.120 e. The average molecular weight is 871 g/mol. The zero-order valence-electron chi connectivity index (χ0n) is 30.5. The van der Waals surface area contributed by atoms with Crippen LogP contribution in [-0.2, 0) is 25.5 Å². The van der Waals surface area contributed by atoms with Crippen LogP contribution in [0.4, 0.5) is 0 Å². The summed E-state index contributed by atoms with van der Waals surface area (Å²) in [5, 5.41) is 3.62. The molecule has 0 bridgehead atoms. The maximum absolute atomic E-state index is 6.18. The average Bonchev–Trinajstić information content (AvgIpc) is 3.55. The van der Waals surface area contributed by atoms with Gasteiger partial charge >= 0.3 is 0 Å². The first kappa shape index (κ1) is 36.8. The number of fused-ring (bicyclic) bond motifs is 3. The number of hydrogen-bond acceptors (Lipinski definition) is 3. The molecule has 0 aliphatic rings. The second-order valence-electron chi connectivity index (χ2n) is 14.6. The van der Waals surface area contributed by atoms with Crippen molar-refractivity contribution in [3.05, 3.63) is 175 Å². The molecule has 0 fully saturated rings. The molecule has 3 nitrogen and oxygen atoms in total. The van der Waals surface area contributed by atoms with E-state index < -0.39 is 8.07 Å². The Bertz CT molecular complexity index is 2430. The topological polar surface area (TPSA) is 38.9 Å². The summed E-state index contributed by atoms with van der Waals surface area (Å²) in [6, 6.07) is 52.7. The number of nitrogens with zero attached hydrogens (tertiary/aromatic N) is 2. The Labute approximate surface area is 322 Å². The first-order valence-corrected chi connectivity index (χ1v) is 21.0. The van der Waals surface area contributed by atoms with E-state index in [0.717, 1.165) is 44.5 Å². The molecule has 1 radical (unpaired) electrons. The molecule has 52 heavy (non-hydrogen) atoms. The number of para-hydroxylation sites is 1. The Hall–Kier alpha value is -4.93. The van der Waals surface area contributed by atoms with Crippen LogP contribution in [0.3, 0.4) is 0 Å². The third-order valence-corrected chi connectivity index (χ3v) is 11.6. The third-order valence-electron chi connectivity index (χ3n) is 9.61. The number of benzene rings is 5. The van der Waals surface area contributed by atoms with Crippen molar-refractivity contribution in [2.75, 3.05) is 0 Å². The summed E-state index contributed by atoms with van der Waals surface area (Å²) >= 11 is 0. The molecule has 3 heterocycles. The molecule has 5 aromatic carbocycles. The summed E-state index contributed by atoms with van der Waals surface area (Å²) in [6.45, 7) is 13.7. The minimum atomic E-state index is -1.47. The molecule has 5 heteroatoms. The second-order valence-corrected chi connectivity index (χ2v) is 19.7. The molecular formula is C47H42IrN2OSi-2. The predicted octanol–water partition coefficient (Wildman–Crippen LogP) is 11.8. The Kier molecular flexibility index (Phi) is 10.9. The smallest absolute Gasteiger partial charge is 0.120 e. The molecule has 261 valence electrons. The summed E-state index contributed by atoms with van der Waals surface area (Å²) in [5.41, 5.74) is 11.7. The summed E-state index contributed by atoms with van der Waals surface area (Å²) in [4.78, 5) is 9.38. The van der Waals surface area contributed by atoms with Gasteiger partial charge in [0.25, 0.3) is 0 Å². The Morgan fingerprint density at radius 2 is 1.38 bits per heavy atom. The molecule has 8 rings (SSSR count). The number of rotatable bonds is 6. The standard InChI is InChI=1S/C26H20NO.C21H22NSi.Ir/c1-26(2,18-9-4-3-5-10-18)19-15-16-27-23(17-19)22-13-8-12-21-20-11-6-7-14-24(20)28-25(21)22;1-16-10-12-18(13-11-16)20-14-19(17-8-6-5-7-9-17)21(15-22-20)23(2,3)4;/h3-12,14-17H,1-2H3;5-12,14-15H,1-4H3;/q2*-1;. The molecule has 0 spiro atoms. The van der Waals surface area contributed by atoms with E-state index in [0.29, 0.717) is 0 Å². The van der Waals surface area contributed by atoms with E-state index in [4.69, 9.17) is 9.40 Å². The quantitative estimate of drug-likeness (QED) is 0.123. The van der Waals surface area contributed by atoms with Crippen LogP contribution in [0.1, 0.15) is 30.5 Å². The van der Waals surface area contributed by atoms with E-state index in [2.05, 4.69) is 167 Å². The summed E-state index contributed by atoms with van der Waals surface area (Å²) in [6.07, 6.45) is 3.96. The van der Waals surface area contributed by atoms with Gasteiger partial charge in [-0.05, 0) is 51.0 Å². The van der Waals surface area contributed by atoms with Gasteiger partial charge in [0.05, 0.1) is 13.7 Å². The van der Waals surface area contributed by atoms with Crippen LogP contribution in [-0.4, -0.2) is 18.0 Å². The van der Waals surface area contributed by atoms with E-state index >= 15 is 0 Å². The zero-order chi connectivity index (χ0) is 35.6. The van der Waals surface area contributed by atoms with Gasteiger partial charge in [-0.2, -0.15) is 0 Å². The summed E-state index contributed by atoms with van der Waals surface area (Å²) < 4.78 is 6.18. The van der Waals surface area contributed by atoms with E-state index in [1.807, 2.05) is 36.5 Å². The molecule has 8 aromatic rings. The second kappa shape index (κ2) is 15.4. The van der Waals surface area contributed by atoms with Crippen LogP contribution in [0.2, 0.25) is 19.6 Å². The van der Waals surface area contributed by atoms with Gasteiger partial charge in [-0.1, -0.05) is 142 Å². The van der Waals surface area contributed by atoms with Crippen molar-refractivity contribution in [2.24, 2.45) is 0 Å². The monoisotopic (exact) mass is 871 g/mol. The molecule has 0 N–H and O–H groups in total. The van der Waals surface area contributed by atoms with Gasteiger partial charge in [0.2, 0.25) is 0 Å². The first-order chi connectivity index (χ1) is 24.6. The molecule has 0 aliphatic heterocycles. The molecule has 0 saturated heterocycles. The van der Waals surface area contributed by atoms with Gasteiger partial charge in [0, 0.05) is 43.3 Å². The fourth-order valence-electron chi connectivity index (χ4n) is 6.58. The number of aryl methyl sites for hydroxylation is 1. The van der Waals surface area contributed by atoms with E-state index in [-0.39, 0.29) is 25.5 Å². The number of hydrogen-bond donors (Lipinski definition) is 0. The van der Waals surface area contributed by atoms with Gasteiger partial charge < -0.3 is 14.4 Å².